The van der Waals surface area contributed by atoms with Crippen LogP contribution in [0.25, 0.3) is 0 Å². The molecular weight excluding hydrogens is 128 g/mol. The Morgan fingerprint density at radius 2 is 1.90 bits per heavy atom. The second kappa shape index (κ2) is 1.56. The predicted octanol–water partition coefficient (Wildman–Crippen LogP) is 0.750. The Morgan fingerprint density at radius 1 is 1.10 bits per heavy atom. The summed E-state index contributed by atoms with van der Waals surface area (Å²) in [4.78, 5) is 0. The third-order valence-corrected chi connectivity index (χ3v) is 3.48. The van der Waals surface area contributed by atoms with Crippen molar-refractivity contribution in [3.63, 3.8) is 0 Å². The first kappa shape index (κ1) is 5.56. The molecule has 0 spiro atoms. The zero-order valence-electron chi connectivity index (χ0n) is 5.86. The highest BCUT2D eigenvalue weighted by Gasteiger charge is 2.55. The van der Waals surface area contributed by atoms with E-state index in [2.05, 4.69) is 0 Å². The normalized spacial score (nSPS) is 63.9. The molecule has 3 fully saturated rings. The minimum atomic E-state index is -0.414. The zero-order valence-corrected chi connectivity index (χ0v) is 5.86. The average molecular weight is 140 g/mol. The van der Waals surface area contributed by atoms with Crippen molar-refractivity contribution in [1.82, 2.24) is 0 Å². The first-order chi connectivity index (χ1) is 4.84. The molecule has 0 aromatic rings. The molecular formula is C8H12O2. The summed E-state index contributed by atoms with van der Waals surface area (Å²) >= 11 is 0. The van der Waals surface area contributed by atoms with Gasteiger partial charge in [0.1, 0.15) is 0 Å². The summed E-state index contributed by atoms with van der Waals surface area (Å²) in [5, 5.41) is 9.37. The van der Waals surface area contributed by atoms with Gasteiger partial charge < -0.3 is 9.84 Å². The highest BCUT2D eigenvalue weighted by molar-refractivity contribution is 5.01. The molecule has 2 bridgehead atoms. The van der Waals surface area contributed by atoms with Gasteiger partial charge in [-0.3, -0.25) is 0 Å². The molecule has 10 heavy (non-hydrogen) atoms. The van der Waals surface area contributed by atoms with Gasteiger partial charge in [0.15, 0.2) is 6.29 Å². The molecule has 2 aliphatic carbocycles. The SMILES string of the molecule is O[C@@H]1OC2CC3CC2C1C3. The third kappa shape index (κ3) is 0.487. The van der Waals surface area contributed by atoms with E-state index in [1.807, 2.05) is 0 Å². The second-order valence-corrected chi connectivity index (χ2v) is 3.97. The summed E-state index contributed by atoms with van der Waals surface area (Å²) in [6.45, 7) is 0. The lowest BCUT2D eigenvalue weighted by molar-refractivity contribution is -0.101. The number of hydrogen-bond acceptors (Lipinski definition) is 2. The summed E-state index contributed by atoms with van der Waals surface area (Å²) in [5.41, 5.74) is 0. The molecule has 56 valence electrons. The van der Waals surface area contributed by atoms with Crippen molar-refractivity contribution >= 4 is 0 Å². The molecule has 1 heterocycles. The maximum Gasteiger partial charge on any atom is 0.158 e. The first-order valence-corrected chi connectivity index (χ1v) is 4.18. The lowest BCUT2D eigenvalue weighted by Crippen LogP contribution is -2.17. The van der Waals surface area contributed by atoms with Gasteiger partial charge in [0.05, 0.1) is 6.10 Å². The van der Waals surface area contributed by atoms with Crippen LogP contribution in [-0.4, -0.2) is 17.5 Å². The molecule has 3 rings (SSSR count). The monoisotopic (exact) mass is 140 g/mol. The van der Waals surface area contributed by atoms with Crippen LogP contribution >= 0.6 is 0 Å². The van der Waals surface area contributed by atoms with Crippen LogP contribution in [0.3, 0.4) is 0 Å². The van der Waals surface area contributed by atoms with E-state index in [4.69, 9.17) is 4.74 Å². The maximum atomic E-state index is 9.37. The summed E-state index contributed by atoms with van der Waals surface area (Å²) in [6, 6.07) is 0. The molecule has 2 nitrogen and oxygen atoms in total. The molecule has 0 aromatic heterocycles. The maximum absolute atomic E-state index is 9.37. The van der Waals surface area contributed by atoms with Gasteiger partial charge in [0.25, 0.3) is 0 Å². The van der Waals surface area contributed by atoms with Gasteiger partial charge in [-0.15, -0.1) is 0 Å². The Balaban J connectivity index is 1.98. The highest BCUT2D eigenvalue weighted by atomic mass is 16.6. The topological polar surface area (TPSA) is 29.5 Å². The Bertz CT molecular complexity index is 167. The van der Waals surface area contributed by atoms with Crippen molar-refractivity contribution in [1.29, 1.82) is 0 Å². The quantitative estimate of drug-likeness (QED) is 0.538. The van der Waals surface area contributed by atoms with Gasteiger partial charge in [0.2, 0.25) is 0 Å². The molecule has 1 aliphatic heterocycles. The van der Waals surface area contributed by atoms with E-state index in [1.165, 1.54) is 19.3 Å². The van der Waals surface area contributed by atoms with Gasteiger partial charge in [-0.2, -0.15) is 0 Å². The fourth-order valence-corrected chi connectivity index (χ4v) is 3.10. The van der Waals surface area contributed by atoms with Gasteiger partial charge >= 0.3 is 0 Å². The standard InChI is InChI=1S/C8H12O2/c9-8-6-2-4-1-5(6)7(3-4)10-8/h4-9H,1-3H2/t4?,5?,6?,7?,8-/m1/s1. The molecule has 0 radical (unpaired) electrons. The minimum Gasteiger partial charge on any atom is -0.368 e. The predicted molar refractivity (Wildman–Crippen MR) is 35.2 cm³/mol. The second-order valence-electron chi connectivity index (χ2n) is 3.97. The van der Waals surface area contributed by atoms with Crippen LogP contribution in [0.2, 0.25) is 0 Å². The summed E-state index contributed by atoms with van der Waals surface area (Å²) in [6.07, 6.45) is 3.79. The Morgan fingerprint density at radius 3 is 2.50 bits per heavy atom. The molecule has 5 atom stereocenters. The fraction of sp³-hybridized carbons (Fsp3) is 1.00. The number of fused-ring (bicyclic) bond motifs is 1. The lowest BCUT2D eigenvalue weighted by atomic mass is 9.89. The van der Waals surface area contributed by atoms with E-state index >= 15 is 0 Å². The van der Waals surface area contributed by atoms with Crippen LogP contribution in [0.15, 0.2) is 0 Å². The highest BCUT2D eigenvalue weighted by Crippen LogP contribution is 2.55. The van der Waals surface area contributed by atoms with E-state index in [-0.39, 0.29) is 0 Å². The Labute approximate surface area is 60.2 Å². The van der Waals surface area contributed by atoms with Gasteiger partial charge in [-0.25, -0.2) is 0 Å². The summed E-state index contributed by atoms with van der Waals surface area (Å²) < 4.78 is 5.39. The van der Waals surface area contributed by atoms with Crippen LogP contribution in [0.5, 0.6) is 0 Å². The largest absolute Gasteiger partial charge is 0.368 e. The number of rotatable bonds is 0. The van der Waals surface area contributed by atoms with Crippen LogP contribution < -0.4 is 0 Å². The average Bonchev–Trinajstić information content (AvgIpc) is 2.44. The van der Waals surface area contributed by atoms with Crippen molar-refractivity contribution < 1.29 is 9.84 Å². The molecule has 4 unspecified atom stereocenters. The van der Waals surface area contributed by atoms with E-state index in [9.17, 15) is 5.11 Å². The number of aliphatic hydroxyl groups is 1. The molecule has 1 N–H and O–H groups in total. The van der Waals surface area contributed by atoms with E-state index < -0.39 is 6.29 Å². The van der Waals surface area contributed by atoms with Crippen molar-refractivity contribution in [3.8, 4) is 0 Å². The fourth-order valence-electron chi connectivity index (χ4n) is 3.10. The Kier molecular flexibility index (Phi) is 0.868. The van der Waals surface area contributed by atoms with Gasteiger partial charge in [-0.1, -0.05) is 0 Å². The molecule has 2 saturated carbocycles. The van der Waals surface area contributed by atoms with Crippen LogP contribution in [-0.2, 0) is 4.74 Å². The summed E-state index contributed by atoms with van der Waals surface area (Å²) in [5.74, 6) is 2.11. The summed E-state index contributed by atoms with van der Waals surface area (Å²) in [7, 11) is 0. The van der Waals surface area contributed by atoms with Crippen molar-refractivity contribution in [2.75, 3.05) is 0 Å². The van der Waals surface area contributed by atoms with Gasteiger partial charge in [-0.05, 0) is 31.1 Å². The first-order valence-electron chi connectivity index (χ1n) is 4.18. The van der Waals surface area contributed by atoms with Crippen LogP contribution in [0, 0.1) is 17.8 Å². The molecule has 0 aromatic carbocycles. The van der Waals surface area contributed by atoms with Crippen molar-refractivity contribution in [2.45, 2.75) is 31.7 Å². The third-order valence-electron chi connectivity index (χ3n) is 3.48. The van der Waals surface area contributed by atoms with Crippen molar-refractivity contribution in [2.24, 2.45) is 17.8 Å². The van der Waals surface area contributed by atoms with Crippen LogP contribution in [0.1, 0.15) is 19.3 Å². The van der Waals surface area contributed by atoms with E-state index in [1.54, 1.807) is 0 Å². The number of hydrogen-bond donors (Lipinski definition) is 1. The zero-order chi connectivity index (χ0) is 6.72. The van der Waals surface area contributed by atoms with Crippen LogP contribution in [0.4, 0.5) is 0 Å². The minimum absolute atomic E-state index is 0.414. The van der Waals surface area contributed by atoms with E-state index in [0.717, 1.165) is 11.8 Å². The molecule has 1 saturated heterocycles. The molecule has 2 heteroatoms. The van der Waals surface area contributed by atoms with E-state index in [0.29, 0.717) is 12.0 Å². The molecule has 0 amide bonds. The number of aliphatic hydroxyl groups excluding tert-OH is 1. The van der Waals surface area contributed by atoms with Crippen molar-refractivity contribution in [3.05, 3.63) is 0 Å². The van der Waals surface area contributed by atoms with Gasteiger partial charge in [0, 0.05) is 5.92 Å². The Hall–Kier alpha value is -0.0800. The number of ether oxygens (including phenoxy) is 1. The smallest absolute Gasteiger partial charge is 0.158 e. The molecule has 3 aliphatic rings. The lowest BCUT2D eigenvalue weighted by Gasteiger charge is -2.14.